The maximum Gasteiger partial charge on any atom is 0.138 e. The van der Waals surface area contributed by atoms with E-state index in [1.165, 1.54) is 6.33 Å². The first-order valence-electron chi connectivity index (χ1n) is 5.88. The van der Waals surface area contributed by atoms with Gasteiger partial charge < -0.3 is 10.1 Å². The number of ether oxygens (including phenoxy) is 1. The van der Waals surface area contributed by atoms with Crippen molar-refractivity contribution in [3.8, 4) is 0 Å². The fraction of sp³-hybridized carbons (Fsp3) is 0.667. The molecule has 0 saturated heterocycles. The molecule has 0 fully saturated rings. The predicted molar refractivity (Wildman–Crippen MR) is 70.7 cm³/mol. The van der Waals surface area contributed by atoms with E-state index in [0.717, 1.165) is 11.4 Å². The van der Waals surface area contributed by atoms with E-state index in [9.17, 15) is 0 Å². The fourth-order valence-electron chi connectivity index (χ4n) is 1.49. The summed E-state index contributed by atoms with van der Waals surface area (Å²) in [5, 5.41) is 3.75. The summed E-state index contributed by atoms with van der Waals surface area (Å²) in [5.41, 5.74) is 0.957. The number of hydrogen-bond donors (Lipinski definition) is 1. The largest absolute Gasteiger partial charge is 0.377 e. The van der Waals surface area contributed by atoms with Crippen LogP contribution in [0.1, 0.15) is 39.2 Å². The van der Waals surface area contributed by atoms with E-state index in [0.29, 0.717) is 18.3 Å². The van der Waals surface area contributed by atoms with E-state index >= 15 is 0 Å². The van der Waals surface area contributed by atoms with E-state index in [1.807, 2.05) is 13.8 Å². The van der Waals surface area contributed by atoms with Crippen molar-refractivity contribution in [2.75, 3.05) is 18.5 Å². The summed E-state index contributed by atoms with van der Waals surface area (Å²) in [6.45, 7) is 9.53. The first-order chi connectivity index (χ1) is 8.02. The lowest BCUT2D eigenvalue weighted by atomic mass is 10.1. The van der Waals surface area contributed by atoms with Crippen molar-refractivity contribution in [1.29, 1.82) is 0 Å². The molecule has 96 valence electrons. The normalized spacial score (nSPS) is 11.2. The predicted octanol–water partition coefficient (Wildman–Crippen LogP) is 3.09. The topological polar surface area (TPSA) is 47.0 Å². The monoisotopic (exact) mass is 257 g/mol. The van der Waals surface area contributed by atoms with Gasteiger partial charge in [-0.1, -0.05) is 25.4 Å². The summed E-state index contributed by atoms with van der Waals surface area (Å²) in [7, 11) is 0. The number of aromatic nitrogens is 2. The lowest BCUT2D eigenvalue weighted by molar-refractivity contribution is 0.0870. The minimum absolute atomic E-state index is 0.246. The second-order valence-electron chi connectivity index (χ2n) is 4.43. The Balaban J connectivity index is 2.61. The van der Waals surface area contributed by atoms with Crippen molar-refractivity contribution in [2.24, 2.45) is 0 Å². The first kappa shape index (κ1) is 14.2. The summed E-state index contributed by atoms with van der Waals surface area (Å²) in [6, 6.07) is 0. The molecule has 0 aliphatic carbocycles. The van der Waals surface area contributed by atoms with Gasteiger partial charge in [0.25, 0.3) is 0 Å². The molecule has 0 unspecified atom stereocenters. The van der Waals surface area contributed by atoms with Crippen LogP contribution in [0.4, 0.5) is 5.82 Å². The van der Waals surface area contributed by atoms with Gasteiger partial charge in [-0.25, -0.2) is 9.97 Å². The maximum atomic E-state index is 6.07. The molecule has 0 bridgehead atoms. The van der Waals surface area contributed by atoms with E-state index < -0.39 is 0 Å². The lowest BCUT2D eigenvalue weighted by Crippen LogP contribution is -2.15. The number of anilines is 1. The Bertz CT molecular complexity index is 356. The van der Waals surface area contributed by atoms with Crippen molar-refractivity contribution in [1.82, 2.24) is 9.97 Å². The van der Waals surface area contributed by atoms with Gasteiger partial charge in [-0.15, -0.1) is 0 Å². The molecule has 0 aromatic carbocycles. The Morgan fingerprint density at radius 2 is 2.00 bits per heavy atom. The van der Waals surface area contributed by atoms with E-state index in [2.05, 4.69) is 29.1 Å². The van der Waals surface area contributed by atoms with Gasteiger partial charge in [0, 0.05) is 12.1 Å². The van der Waals surface area contributed by atoms with Crippen LogP contribution in [0, 0.1) is 0 Å². The van der Waals surface area contributed by atoms with E-state index in [-0.39, 0.29) is 12.0 Å². The molecule has 0 spiro atoms. The third-order valence-electron chi connectivity index (χ3n) is 2.26. The lowest BCUT2D eigenvalue weighted by Gasteiger charge is -2.14. The maximum absolute atomic E-state index is 6.07. The van der Waals surface area contributed by atoms with Gasteiger partial charge in [0.05, 0.1) is 12.7 Å². The molecule has 1 aromatic heterocycles. The average Bonchev–Trinajstić information content (AvgIpc) is 2.23. The van der Waals surface area contributed by atoms with Crippen LogP contribution in [-0.2, 0) is 4.74 Å². The highest BCUT2D eigenvalue weighted by molar-refractivity contribution is 6.30. The minimum Gasteiger partial charge on any atom is -0.377 e. The molecular weight excluding hydrogens is 238 g/mol. The van der Waals surface area contributed by atoms with Crippen LogP contribution in [-0.4, -0.2) is 29.2 Å². The molecule has 4 nitrogen and oxygen atoms in total. The Kier molecular flexibility index (Phi) is 5.65. The third-order valence-corrected chi connectivity index (χ3v) is 2.56. The van der Waals surface area contributed by atoms with Gasteiger partial charge in [-0.3, -0.25) is 0 Å². The van der Waals surface area contributed by atoms with Gasteiger partial charge in [0.2, 0.25) is 0 Å². The van der Waals surface area contributed by atoms with Crippen LogP contribution in [0.5, 0.6) is 0 Å². The minimum atomic E-state index is 0.246. The molecule has 0 saturated carbocycles. The highest BCUT2D eigenvalue weighted by atomic mass is 35.5. The molecule has 0 radical (unpaired) electrons. The fourth-order valence-corrected chi connectivity index (χ4v) is 1.84. The highest BCUT2D eigenvalue weighted by Gasteiger charge is 2.12. The molecule has 0 amide bonds. The van der Waals surface area contributed by atoms with Gasteiger partial charge in [0.15, 0.2) is 0 Å². The van der Waals surface area contributed by atoms with Crippen molar-refractivity contribution in [2.45, 2.75) is 39.7 Å². The Morgan fingerprint density at radius 1 is 1.29 bits per heavy atom. The second kappa shape index (κ2) is 6.77. The quantitative estimate of drug-likeness (QED) is 0.628. The molecule has 1 rings (SSSR count). The zero-order chi connectivity index (χ0) is 12.8. The van der Waals surface area contributed by atoms with Crippen molar-refractivity contribution in [3.05, 3.63) is 17.0 Å². The number of rotatable bonds is 6. The summed E-state index contributed by atoms with van der Waals surface area (Å²) in [6.07, 6.45) is 1.72. The van der Waals surface area contributed by atoms with Crippen LogP contribution in [0.2, 0.25) is 5.15 Å². The molecule has 0 aliphatic heterocycles. The SMILES string of the molecule is CC(C)OCCNc1ncnc(Cl)c1C(C)C. The Hall–Kier alpha value is -0.870. The number of halogens is 1. The molecule has 1 aromatic rings. The Morgan fingerprint density at radius 3 is 2.59 bits per heavy atom. The average molecular weight is 258 g/mol. The zero-order valence-electron chi connectivity index (χ0n) is 10.8. The summed E-state index contributed by atoms with van der Waals surface area (Å²) in [4.78, 5) is 8.22. The zero-order valence-corrected chi connectivity index (χ0v) is 11.6. The first-order valence-corrected chi connectivity index (χ1v) is 6.26. The van der Waals surface area contributed by atoms with E-state index in [4.69, 9.17) is 16.3 Å². The molecule has 0 aliphatic rings. The number of nitrogens with one attached hydrogen (secondary N) is 1. The van der Waals surface area contributed by atoms with Crippen LogP contribution in [0.3, 0.4) is 0 Å². The Labute approximate surface area is 108 Å². The second-order valence-corrected chi connectivity index (χ2v) is 4.79. The summed E-state index contributed by atoms with van der Waals surface area (Å²) in [5.74, 6) is 1.09. The van der Waals surface area contributed by atoms with Crippen molar-refractivity contribution < 1.29 is 4.74 Å². The molecule has 17 heavy (non-hydrogen) atoms. The highest BCUT2D eigenvalue weighted by Crippen LogP contribution is 2.27. The molecule has 1 heterocycles. The molecule has 1 N–H and O–H groups in total. The van der Waals surface area contributed by atoms with Crippen LogP contribution >= 0.6 is 11.6 Å². The standard InChI is InChI=1S/C12H20ClN3O/c1-8(2)10-11(13)15-7-16-12(10)14-5-6-17-9(3)4/h7-9H,5-6H2,1-4H3,(H,14,15,16). The van der Waals surface area contributed by atoms with E-state index in [1.54, 1.807) is 0 Å². The van der Waals surface area contributed by atoms with Gasteiger partial charge in [0.1, 0.15) is 17.3 Å². The van der Waals surface area contributed by atoms with Gasteiger partial charge in [-0.05, 0) is 19.8 Å². The van der Waals surface area contributed by atoms with Crippen molar-refractivity contribution >= 4 is 17.4 Å². The molecule has 0 atom stereocenters. The van der Waals surface area contributed by atoms with Crippen LogP contribution < -0.4 is 5.32 Å². The smallest absolute Gasteiger partial charge is 0.138 e. The van der Waals surface area contributed by atoms with Gasteiger partial charge in [-0.2, -0.15) is 0 Å². The van der Waals surface area contributed by atoms with Crippen LogP contribution in [0.15, 0.2) is 6.33 Å². The third kappa shape index (κ3) is 4.48. The summed E-state index contributed by atoms with van der Waals surface area (Å²) >= 11 is 6.07. The van der Waals surface area contributed by atoms with Gasteiger partial charge >= 0.3 is 0 Å². The number of hydrogen-bond acceptors (Lipinski definition) is 4. The van der Waals surface area contributed by atoms with Crippen molar-refractivity contribution in [3.63, 3.8) is 0 Å². The number of nitrogens with zero attached hydrogens (tertiary/aromatic N) is 2. The molecular formula is C12H20ClN3O. The summed E-state index contributed by atoms with van der Waals surface area (Å²) < 4.78 is 5.46. The molecule has 5 heteroatoms. The van der Waals surface area contributed by atoms with Crippen LogP contribution in [0.25, 0.3) is 0 Å².